The Morgan fingerprint density at radius 1 is 1.28 bits per heavy atom. The smallest absolute Gasteiger partial charge is 0.185 e. The molecule has 1 fully saturated rings. The highest BCUT2D eigenvalue weighted by Crippen LogP contribution is 2.27. The van der Waals surface area contributed by atoms with Crippen LogP contribution in [0.2, 0.25) is 0 Å². The Kier molecular flexibility index (Phi) is 4.97. The first kappa shape index (κ1) is 13.8. The van der Waals surface area contributed by atoms with Crippen LogP contribution in [0.4, 0.5) is 5.13 Å². The van der Waals surface area contributed by atoms with Gasteiger partial charge in [0, 0.05) is 31.1 Å². The van der Waals surface area contributed by atoms with Crippen LogP contribution in [0, 0.1) is 0 Å². The number of likely N-dealkylation sites (N-methyl/N-ethyl adjacent to an activating group) is 1. The van der Waals surface area contributed by atoms with E-state index in [0.29, 0.717) is 6.54 Å². The molecule has 1 aromatic heterocycles. The van der Waals surface area contributed by atoms with Gasteiger partial charge in [-0.15, -0.1) is 11.3 Å². The number of rotatable bonds is 4. The second-order valence-electron chi connectivity index (χ2n) is 4.96. The van der Waals surface area contributed by atoms with E-state index >= 15 is 0 Å². The van der Waals surface area contributed by atoms with Gasteiger partial charge in [-0.3, -0.25) is 0 Å². The first-order chi connectivity index (χ1) is 8.74. The molecule has 0 aromatic carbocycles. The molecule has 0 bridgehead atoms. The summed E-state index contributed by atoms with van der Waals surface area (Å²) in [6.07, 6.45) is 3.41. The van der Waals surface area contributed by atoms with Crippen molar-refractivity contribution in [3.63, 3.8) is 0 Å². The highest BCUT2D eigenvalue weighted by molar-refractivity contribution is 7.15. The molecule has 4 nitrogen and oxygen atoms in total. The van der Waals surface area contributed by atoms with Crippen molar-refractivity contribution in [1.82, 2.24) is 9.88 Å². The number of thiazole rings is 1. The summed E-state index contributed by atoms with van der Waals surface area (Å²) >= 11 is 1.79. The second kappa shape index (κ2) is 6.50. The van der Waals surface area contributed by atoms with Gasteiger partial charge in [0.25, 0.3) is 0 Å². The minimum atomic E-state index is 0.626. The average Bonchev–Trinajstić information content (AvgIpc) is 2.64. The summed E-state index contributed by atoms with van der Waals surface area (Å²) in [5.41, 5.74) is 7.04. The molecule has 5 heteroatoms. The van der Waals surface area contributed by atoms with E-state index < -0.39 is 0 Å². The van der Waals surface area contributed by atoms with Gasteiger partial charge < -0.3 is 15.5 Å². The summed E-state index contributed by atoms with van der Waals surface area (Å²) in [6.45, 7) is 7.34. The number of aromatic nitrogens is 1. The number of nitrogens with two attached hydrogens (primary N) is 1. The van der Waals surface area contributed by atoms with Gasteiger partial charge in [0.2, 0.25) is 0 Å². The summed E-state index contributed by atoms with van der Waals surface area (Å²) in [5.74, 6) is 0. The third kappa shape index (κ3) is 3.22. The fourth-order valence-corrected chi connectivity index (χ4v) is 3.37. The molecule has 18 heavy (non-hydrogen) atoms. The fourth-order valence-electron chi connectivity index (χ4n) is 2.33. The minimum absolute atomic E-state index is 0.626. The molecule has 2 N–H and O–H groups in total. The monoisotopic (exact) mass is 268 g/mol. The van der Waals surface area contributed by atoms with Crippen LogP contribution in [0.1, 0.15) is 30.3 Å². The Hall–Kier alpha value is -0.650. The van der Waals surface area contributed by atoms with Gasteiger partial charge in [0.15, 0.2) is 5.13 Å². The topological polar surface area (TPSA) is 45.4 Å². The Labute approximate surface area is 114 Å². The maximum atomic E-state index is 5.82. The van der Waals surface area contributed by atoms with E-state index in [0.717, 1.165) is 32.5 Å². The Morgan fingerprint density at radius 2 is 2.11 bits per heavy atom. The zero-order valence-corrected chi connectivity index (χ0v) is 12.3. The summed E-state index contributed by atoms with van der Waals surface area (Å²) in [5, 5.41) is 1.18. The highest BCUT2D eigenvalue weighted by Gasteiger charge is 2.17. The third-order valence-corrected chi connectivity index (χ3v) is 4.61. The van der Waals surface area contributed by atoms with Gasteiger partial charge >= 0.3 is 0 Å². The first-order valence-corrected chi connectivity index (χ1v) is 7.68. The van der Waals surface area contributed by atoms with Crippen molar-refractivity contribution in [3.05, 3.63) is 10.6 Å². The number of hydrogen-bond acceptors (Lipinski definition) is 5. The van der Waals surface area contributed by atoms with Gasteiger partial charge in [-0.05, 0) is 26.4 Å². The normalized spacial score (nSPS) is 18.1. The zero-order valence-electron chi connectivity index (χ0n) is 11.5. The molecule has 2 rings (SSSR count). The van der Waals surface area contributed by atoms with Crippen LogP contribution in [0.15, 0.2) is 0 Å². The van der Waals surface area contributed by atoms with Gasteiger partial charge in [0.1, 0.15) is 0 Å². The molecule has 1 saturated heterocycles. The van der Waals surface area contributed by atoms with E-state index in [9.17, 15) is 0 Å². The van der Waals surface area contributed by atoms with Gasteiger partial charge in [-0.25, -0.2) is 4.98 Å². The number of aryl methyl sites for hydroxylation is 1. The Balaban J connectivity index is 2.11. The number of nitrogens with zero attached hydrogens (tertiary/aromatic N) is 3. The molecule has 1 aromatic rings. The SMILES string of the molecule is CCCc1nc(N2CCCN(C)CC2)sc1CN. The molecule has 1 aliphatic heterocycles. The molecule has 2 heterocycles. The average molecular weight is 268 g/mol. The lowest BCUT2D eigenvalue weighted by Crippen LogP contribution is -2.28. The standard InChI is InChI=1S/C13H24N4S/c1-3-5-11-12(10-14)18-13(15-11)17-7-4-6-16(2)8-9-17/h3-10,14H2,1-2H3. The van der Waals surface area contributed by atoms with Crippen molar-refractivity contribution in [1.29, 1.82) is 0 Å². The fraction of sp³-hybridized carbons (Fsp3) is 0.769. The molecule has 0 radical (unpaired) electrons. The largest absolute Gasteiger partial charge is 0.347 e. The summed E-state index contributed by atoms with van der Waals surface area (Å²) in [6, 6.07) is 0. The first-order valence-electron chi connectivity index (χ1n) is 6.86. The minimum Gasteiger partial charge on any atom is -0.347 e. The predicted molar refractivity (Wildman–Crippen MR) is 78.3 cm³/mol. The van der Waals surface area contributed by atoms with Crippen molar-refractivity contribution < 1.29 is 0 Å². The predicted octanol–water partition coefficient (Wildman–Crippen LogP) is 1.70. The van der Waals surface area contributed by atoms with Crippen LogP contribution in [-0.2, 0) is 13.0 Å². The quantitative estimate of drug-likeness (QED) is 0.903. The van der Waals surface area contributed by atoms with Crippen LogP contribution >= 0.6 is 11.3 Å². The molecule has 0 amide bonds. The van der Waals surface area contributed by atoms with Crippen molar-refractivity contribution in [2.24, 2.45) is 5.73 Å². The van der Waals surface area contributed by atoms with E-state index in [1.54, 1.807) is 11.3 Å². The molecule has 0 atom stereocenters. The van der Waals surface area contributed by atoms with Crippen molar-refractivity contribution in [3.8, 4) is 0 Å². The lowest BCUT2D eigenvalue weighted by Gasteiger charge is -2.19. The van der Waals surface area contributed by atoms with Crippen LogP contribution in [0.25, 0.3) is 0 Å². The van der Waals surface area contributed by atoms with Crippen LogP contribution < -0.4 is 10.6 Å². The number of anilines is 1. The maximum absolute atomic E-state index is 5.82. The van der Waals surface area contributed by atoms with E-state index in [1.807, 2.05) is 0 Å². The molecule has 0 saturated carbocycles. The van der Waals surface area contributed by atoms with Crippen molar-refractivity contribution >= 4 is 16.5 Å². The second-order valence-corrected chi connectivity index (χ2v) is 6.03. The molecule has 1 aliphatic rings. The van der Waals surface area contributed by atoms with Crippen molar-refractivity contribution in [2.75, 3.05) is 38.1 Å². The molecular formula is C13H24N4S. The van der Waals surface area contributed by atoms with Gasteiger partial charge in [-0.2, -0.15) is 0 Å². The highest BCUT2D eigenvalue weighted by atomic mass is 32.1. The Bertz CT molecular complexity index is 377. The zero-order chi connectivity index (χ0) is 13.0. The van der Waals surface area contributed by atoms with Crippen molar-refractivity contribution in [2.45, 2.75) is 32.7 Å². The Morgan fingerprint density at radius 3 is 2.83 bits per heavy atom. The molecular weight excluding hydrogens is 244 g/mol. The van der Waals surface area contributed by atoms with Gasteiger partial charge in [-0.1, -0.05) is 13.3 Å². The summed E-state index contributed by atoms with van der Waals surface area (Å²) in [4.78, 5) is 10.9. The van der Waals surface area contributed by atoms with Crippen LogP contribution in [0.3, 0.4) is 0 Å². The molecule has 0 unspecified atom stereocenters. The molecule has 102 valence electrons. The summed E-state index contributed by atoms with van der Waals surface area (Å²) in [7, 11) is 2.19. The maximum Gasteiger partial charge on any atom is 0.185 e. The van der Waals surface area contributed by atoms with E-state index in [4.69, 9.17) is 10.7 Å². The molecule has 0 aliphatic carbocycles. The lowest BCUT2D eigenvalue weighted by molar-refractivity contribution is 0.360. The van der Waals surface area contributed by atoms with Crippen LogP contribution in [0.5, 0.6) is 0 Å². The molecule has 0 spiro atoms. The summed E-state index contributed by atoms with van der Waals surface area (Å²) < 4.78 is 0. The van der Waals surface area contributed by atoms with E-state index in [1.165, 1.54) is 28.7 Å². The number of hydrogen-bond donors (Lipinski definition) is 1. The third-order valence-electron chi connectivity index (χ3n) is 3.43. The van der Waals surface area contributed by atoms with E-state index in [-0.39, 0.29) is 0 Å². The van der Waals surface area contributed by atoms with Gasteiger partial charge in [0.05, 0.1) is 5.69 Å². The van der Waals surface area contributed by atoms with Crippen LogP contribution in [-0.4, -0.2) is 43.1 Å². The lowest BCUT2D eigenvalue weighted by atomic mass is 10.2. The van der Waals surface area contributed by atoms with E-state index in [2.05, 4.69) is 23.8 Å².